The summed E-state index contributed by atoms with van der Waals surface area (Å²) in [6, 6.07) is 0. The SMILES string of the molecule is CC/C=C\C/C=C\C/C=C\C/C=C\C/C=C\C/C=C\C/C=C\C/C=C\C/C=C\C/C=C\CCCCCCCCCCCCC(=O)OC(COC(=O)CCCCCCCCCCCCCCC/C=C\C/C=C\C/C=C\C/C=C\C/C=C\C/C=C\C/C=C\C/C=C\C/C=C\CC)COC(OCC[N+](C)(C)C)C(=O)[O-]. The monoisotopic (exact) mass is 1470 g/mol. The third-order valence-electron chi connectivity index (χ3n) is 17.4. The highest BCUT2D eigenvalue weighted by molar-refractivity contribution is 5.70. The van der Waals surface area contributed by atoms with Crippen molar-refractivity contribution < 1.29 is 42.9 Å². The molecule has 9 nitrogen and oxygen atoms in total. The largest absolute Gasteiger partial charge is 0.545 e. The van der Waals surface area contributed by atoms with Crippen LogP contribution in [0.3, 0.4) is 0 Å². The van der Waals surface area contributed by atoms with Crippen LogP contribution >= 0.6 is 0 Å². The molecular formula is C98H155NO8. The summed E-state index contributed by atoms with van der Waals surface area (Å²) in [7, 11) is 5.93. The molecule has 0 aliphatic carbocycles. The number of nitrogens with zero attached hydrogens (tertiary/aromatic N) is 1. The molecule has 0 radical (unpaired) electrons. The number of carboxylic acids is 1. The van der Waals surface area contributed by atoms with Gasteiger partial charge in [-0.1, -0.05) is 367 Å². The Morgan fingerprint density at radius 2 is 0.505 bits per heavy atom. The number of quaternary nitrogens is 1. The van der Waals surface area contributed by atoms with E-state index >= 15 is 0 Å². The van der Waals surface area contributed by atoms with Gasteiger partial charge in [0.25, 0.3) is 0 Å². The van der Waals surface area contributed by atoms with Crippen molar-refractivity contribution in [2.45, 2.75) is 322 Å². The van der Waals surface area contributed by atoms with Crippen LogP contribution in [0, 0.1) is 0 Å². The first-order valence-electron chi connectivity index (χ1n) is 42.5. The first kappa shape index (κ1) is 100. The number of likely N-dealkylation sites (N-methyl/N-ethyl adjacent to an activating group) is 1. The van der Waals surface area contributed by atoms with Crippen molar-refractivity contribution >= 4 is 17.9 Å². The van der Waals surface area contributed by atoms with E-state index in [1.807, 2.05) is 21.1 Å². The van der Waals surface area contributed by atoms with Gasteiger partial charge in [0.2, 0.25) is 0 Å². The van der Waals surface area contributed by atoms with E-state index in [0.717, 1.165) is 167 Å². The van der Waals surface area contributed by atoms with Crippen LogP contribution in [0.15, 0.2) is 231 Å². The Kier molecular flexibility index (Phi) is 79.7. The molecule has 0 spiro atoms. The van der Waals surface area contributed by atoms with Gasteiger partial charge in [-0.3, -0.25) is 9.59 Å². The number of aliphatic carboxylic acids is 1. The van der Waals surface area contributed by atoms with Crippen molar-refractivity contribution in [2.75, 3.05) is 47.5 Å². The third-order valence-corrected chi connectivity index (χ3v) is 17.4. The zero-order valence-electron chi connectivity index (χ0n) is 68.7. The lowest BCUT2D eigenvalue weighted by Crippen LogP contribution is -2.44. The lowest BCUT2D eigenvalue weighted by Gasteiger charge is -2.26. The molecule has 0 saturated carbocycles. The summed E-state index contributed by atoms with van der Waals surface area (Å²) in [5, 5.41) is 11.9. The summed E-state index contributed by atoms with van der Waals surface area (Å²) in [6.45, 7) is 4.50. The molecule has 0 bridgehead atoms. The van der Waals surface area contributed by atoms with Gasteiger partial charge in [-0.25, -0.2) is 0 Å². The van der Waals surface area contributed by atoms with Crippen LogP contribution in [0.25, 0.3) is 0 Å². The Labute approximate surface area is 657 Å². The number of allylic oxidation sites excluding steroid dienone is 38. The summed E-state index contributed by atoms with van der Waals surface area (Å²) in [6.07, 6.45) is 132. The lowest BCUT2D eigenvalue weighted by molar-refractivity contribution is -0.870. The Morgan fingerprint density at radius 3 is 0.748 bits per heavy atom. The molecule has 0 aromatic rings. The highest BCUT2D eigenvalue weighted by atomic mass is 16.7. The molecule has 0 heterocycles. The number of ether oxygens (including phenoxy) is 4. The molecule has 0 saturated heterocycles. The van der Waals surface area contributed by atoms with Crippen molar-refractivity contribution in [3.8, 4) is 0 Å². The normalized spacial score (nSPS) is 13.8. The number of rotatable bonds is 76. The molecule has 0 N–H and O–H groups in total. The maximum absolute atomic E-state index is 13.0. The molecule has 107 heavy (non-hydrogen) atoms. The standard InChI is InChI=1S/C98H155NO8/c1-6-8-10-12-14-16-18-20-22-24-26-28-30-32-34-36-38-40-42-44-46-48-50-52-54-56-58-60-62-64-66-68-70-72-74-76-78-80-82-84-86-88-95(100)105-92-94(93-106-98(97(102)103)104-91-90-99(3,4)5)107-96(101)89-87-85-83-81-79-77-75-73-71-69-67-65-63-61-59-57-55-53-51-49-47-45-43-41-39-37-35-33-31-29-27-25-23-21-19-17-15-13-11-9-7-2/h8-11,14-17,20-23,26-29,32-35,38-41,44-47,50-53,56-59,63,65,94,98H,6-7,12-13,18-19,24-25,30-31,36-37,42-43,48-49,54-55,60-62,64,66-93H2,1-5H3/b10-8-,11-9-,16-14-,17-15-,22-20-,23-21-,28-26-,29-27-,34-32-,35-33-,40-38-,41-39-,46-44-,47-45-,52-50-,53-51-,58-56-,59-57-,65-63-. The number of carboxylic acid groups (broad SMARTS) is 1. The van der Waals surface area contributed by atoms with Crippen LogP contribution in [-0.2, 0) is 33.3 Å². The van der Waals surface area contributed by atoms with Gasteiger partial charge in [0.1, 0.15) is 13.2 Å². The second kappa shape index (κ2) is 85.0. The maximum atomic E-state index is 13.0. The number of carbonyl (C=O) groups excluding carboxylic acids is 3. The van der Waals surface area contributed by atoms with Crippen molar-refractivity contribution in [1.82, 2.24) is 0 Å². The zero-order valence-corrected chi connectivity index (χ0v) is 68.7. The minimum absolute atomic E-state index is 0.137. The molecule has 0 aromatic carbocycles. The molecule has 0 rings (SSSR count). The van der Waals surface area contributed by atoms with Crippen molar-refractivity contribution in [2.24, 2.45) is 0 Å². The Morgan fingerprint density at radius 1 is 0.280 bits per heavy atom. The maximum Gasteiger partial charge on any atom is 0.306 e. The van der Waals surface area contributed by atoms with Gasteiger partial charge in [-0.15, -0.1) is 0 Å². The van der Waals surface area contributed by atoms with Crippen LogP contribution in [0.2, 0.25) is 0 Å². The predicted octanol–water partition coefficient (Wildman–Crippen LogP) is 26.8. The number of carbonyl (C=O) groups is 3. The highest BCUT2D eigenvalue weighted by Gasteiger charge is 2.22. The quantitative estimate of drug-likeness (QED) is 0.0195. The van der Waals surface area contributed by atoms with Gasteiger partial charge in [0.15, 0.2) is 12.4 Å². The zero-order chi connectivity index (χ0) is 77.4. The van der Waals surface area contributed by atoms with E-state index in [4.69, 9.17) is 18.9 Å². The first-order valence-corrected chi connectivity index (χ1v) is 42.5. The molecule has 2 atom stereocenters. The predicted molar refractivity (Wildman–Crippen MR) is 462 cm³/mol. The summed E-state index contributed by atoms with van der Waals surface area (Å²) in [5.41, 5.74) is 0. The molecule has 2 unspecified atom stereocenters. The van der Waals surface area contributed by atoms with Crippen molar-refractivity contribution in [3.05, 3.63) is 231 Å². The summed E-state index contributed by atoms with van der Waals surface area (Å²) in [5.74, 6) is -2.30. The van der Waals surface area contributed by atoms with Crippen molar-refractivity contribution in [1.29, 1.82) is 0 Å². The molecule has 9 heteroatoms. The van der Waals surface area contributed by atoms with Gasteiger partial charge in [0, 0.05) is 12.8 Å². The molecule has 0 aliphatic rings. The van der Waals surface area contributed by atoms with E-state index in [1.165, 1.54) is 109 Å². The van der Waals surface area contributed by atoms with Gasteiger partial charge in [-0.2, -0.15) is 0 Å². The topological polar surface area (TPSA) is 111 Å². The fourth-order valence-corrected chi connectivity index (χ4v) is 11.0. The fraction of sp³-hybridized carbons (Fsp3) is 0.582. The number of hydrogen-bond donors (Lipinski definition) is 0. The van der Waals surface area contributed by atoms with Gasteiger partial charge >= 0.3 is 11.9 Å². The number of hydrogen-bond acceptors (Lipinski definition) is 8. The van der Waals surface area contributed by atoms with Gasteiger partial charge in [-0.05, 0) is 161 Å². The molecule has 0 aromatic heterocycles. The highest BCUT2D eigenvalue weighted by Crippen LogP contribution is 2.17. The third kappa shape index (κ3) is 86.5. The Balaban J connectivity index is 4.11. The summed E-state index contributed by atoms with van der Waals surface area (Å²) in [4.78, 5) is 37.7. The fourth-order valence-electron chi connectivity index (χ4n) is 11.0. The lowest BCUT2D eigenvalue weighted by atomic mass is 10.0. The van der Waals surface area contributed by atoms with Crippen LogP contribution in [0.4, 0.5) is 0 Å². The summed E-state index contributed by atoms with van der Waals surface area (Å²) < 4.78 is 22.9. The smallest absolute Gasteiger partial charge is 0.306 e. The second-order valence-electron chi connectivity index (χ2n) is 28.7. The van der Waals surface area contributed by atoms with E-state index < -0.39 is 24.3 Å². The molecular weight excluding hydrogens is 1320 g/mol. The molecule has 0 amide bonds. The van der Waals surface area contributed by atoms with Crippen molar-refractivity contribution in [3.63, 3.8) is 0 Å². The average molecular weight is 1480 g/mol. The minimum atomic E-state index is -1.64. The Bertz CT molecular complexity index is 2630. The van der Waals surface area contributed by atoms with Crippen LogP contribution in [-0.4, -0.2) is 82.3 Å². The Hall–Kier alpha value is -6.65. The van der Waals surface area contributed by atoms with Crippen LogP contribution < -0.4 is 5.11 Å². The van der Waals surface area contributed by atoms with E-state index in [-0.39, 0.29) is 38.6 Å². The van der Waals surface area contributed by atoms with E-state index in [9.17, 15) is 19.5 Å². The number of esters is 2. The van der Waals surface area contributed by atoms with E-state index in [2.05, 4.69) is 245 Å². The van der Waals surface area contributed by atoms with Gasteiger partial charge in [0.05, 0.1) is 40.3 Å². The van der Waals surface area contributed by atoms with E-state index in [1.54, 1.807) is 0 Å². The average Bonchev–Trinajstić information content (AvgIpc) is 0.965. The molecule has 0 fully saturated rings. The molecule has 600 valence electrons. The van der Waals surface area contributed by atoms with Crippen LogP contribution in [0.1, 0.15) is 309 Å². The minimum Gasteiger partial charge on any atom is -0.545 e. The summed E-state index contributed by atoms with van der Waals surface area (Å²) >= 11 is 0. The van der Waals surface area contributed by atoms with Gasteiger partial charge < -0.3 is 33.3 Å². The number of unbranched alkanes of at least 4 members (excludes halogenated alkanes) is 23. The van der Waals surface area contributed by atoms with Crippen LogP contribution in [0.5, 0.6) is 0 Å². The second-order valence-corrected chi connectivity index (χ2v) is 28.7. The van der Waals surface area contributed by atoms with E-state index in [0.29, 0.717) is 17.4 Å². The molecule has 0 aliphatic heterocycles. The first-order chi connectivity index (χ1) is 52.6.